The van der Waals surface area contributed by atoms with Crippen LogP contribution in [0.5, 0.6) is 0 Å². The van der Waals surface area contributed by atoms with Crippen molar-refractivity contribution >= 4 is 30.9 Å². The van der Waals surface area contributed by atoms with Crippen molar-refractivity contribution in [3.63, 3.8) is 0 Å². The molecule has 0 unspecified atom stereocenters. The molecule has 0 atom stereocenters. The molecule has 160 valence electrons. The Morgan fingerprint density at radius 3 is 2.52 bits per heavy atom. The van der Waals surface area contributed by atoms with Gasteiger partial charge in [0.25, 0.3) is 0 Å². The molecule has 0 aliphatic carbocycles. The van der Waals surface area contributed by atoms with E-state index in [1.165, 1.54) is 12.8 Å². The van der Waals surface area contributed by atoms with E-state index in [1.54, 1.807) is 7.11 Å². The zero-order valence-corrected chi connectivity index (χ0v) is 18.3. The molecule has 3 saturated heterocycles. The van der Waals surface area contributed by atoms with Crippen molar-refractivity contribution in [3.05, 3.63) is 0 Å². The number of nitrogens with one attached hydrogen (secondary N) is 1. The van der Waals surface area contributed by atoms with E-state index in [0.717, 1.165) is 71.8 Å². The highest BCUT2D eigenvalue weighted by Crippen LogP contribution is 2.34. The molecular formula is C18H36Cl2N4O3. The lowest BCUT2D eigenvalue weighted by Gasteiger charge is -2.42. The average molecular weight is 427 g/mol. The first-order valence-corrected chi connectivity index (χ1v) is 9.72. The van der Waals surface area contributed by atoms with Crippen molar-refractivity contribution in [1.82, 2.24) is 20.0 Å². The number of likely N-dealkylation sites (N-methyl/N-ethyl adjacent to an activating group) is 1. The Balaban J connectivity index is 0.00000182. The number of carbonyl (C=O) groups excluding carboxylic acids is 1. The first-order chi connectivity index (χ1) is 12.1. The number of rotatable bonds is 7. The number of likely N-dealkylation sites (tertiary alicyclic amines) is 1. The van der Waals surface area contributed by atoms with Gasteiger partial charge in [0.15, 0.2) is 0 Å². The fourth-order valence-corrected chi connectivity index (χ4v) is 4.24. The van der Waals surface area contributed by atoms with E-state index in [2.05, 4.69) is 22.2 Å². The number of carbonyl (C=O) groups is 1. The van der Waals surface area contributed by atoms with Crippen LogP contribution >= 0.6 is 24.8 Å². The summed E-state index contributed by atoms with van der Waals surface area (Å²) >= 11 is 0. The second kappa shape index (κ2) is 11.6. The predicted molar refractivity (Wildman–Crippen MR) is 111 cm³/mol. The number of hydrogen-bond donors (Lipinski definition) is 1. The molecule has 7 nitrogen and oxygen atoms in total. The minimum Gasteiger partial charge on any atom is -0.441 e. The quantitative estimate of drug-likeness (QED) is 0.664. The van der Waals surface area contributed by atoms with Gasteiger partial charge in [0, 0.05) is 58.7 Å². The van der Waals surface area contributed by atoms with Gasteiger partial charge in [-0.15, -0.1) is 24.8 Å². The Kier molecular flexibility index (Phi) is 10.7. The van der Waals surface area contributed by atoms with E-state index < -0.39 is 0 Å². The molecule has 9 heteroatoms. The molecular weight excluding hydrogens is 391 g/mol. The number of ether oxygens (including phenoxy) is 2. The van der Waals surface area contributed by atoms with Crippen LogP contribution < -0.4 is 5.32 Å². The van der Waals surface area contributed by atoms with Crippen molar-refractivity contribution in [1.29, 1.82) is 0 Å². The second-order valence-corrected chi connectivity index (χ2v) is 7.79. The second-order valence-electron chi connectivity index (χ2n) is 7.79. The third-order valence-electron chi connectivity index (χ3n) is 6.00. The van der Waals surface area contributed by atoms with Gasteiger partial charge in [-0.25, -0.2) is 4.79 Å². The lowest BCUT2D eigenvalue weighted by molar-refractivity contribution is -0.0135. The van der Waals surface area contributed by atoms with E-state index in [4.69, 9.17) is 9.47 Å². The van der Waals surface area contributed by atoms with Crippen LogP contribution in [0.15, 0.2) is 0 Å². The molecule has 3 heterocycles. The van der Waals surface area contributed by atoms with E-state index in [-0.39, 0.29) is 36.5 Å². The van der Waals surface area contributed by atoms with Crippen LogP contribution in [0.25, 0.3) is 0 Å². The van der Waals surface area contributed by atoms with Gasteiger partial charge in [-0.2, -0.15) is 0 Å². The van der Waals surface area contributed by atoms with Gasteiger partial charge >= 0.3 is 6.09 Å². The summed E-state index contributed by atoms with van der Waals surface area (Å²) in [5.41, 5.74) is -0.244. The van der Waals surface area contributed by atoms with Crippen LogP contribution in [-0.2, 0) is 9.47 Å². The molecule has 0 aromatic heterocycles. The van der Waals surface area contributed by atoms with Crippen molar-refractivity contribution in [2.75, 3.05) is 73.1 Å². The SMILES string of the molecule is COCCN(C)CCN1CC2(CCN(C3CCNCC3)CC2)OC1=O.Cl.Cl. The highest BCUT2D eigenvalue weighted by molar-refractivity contribution is 5.85. The number of piperidine rings is 2. The molecule has 0 aromatic carbocycles. The van der Waals surface area contributed by atoms with Crippen LogP contribution in [0, 0.1) is 0 Å². The molecule has 1 amide bonds. The van der Waals surface area contributed by atoms with E-state index in [1.807, 2.05) is 4.90 Å². The average Bonchev–Trinajstić information content (AvgIpc) is 2.94. The number of halogens is 2. The molecule has 0 saturated carbocycles. The van der Waals surface area contributed by atoms with Crippen LogP contribution in [0.1, 0.15) is 25.7 Å². The lowest BCUT2D eigenvalue weighted by atomic mass is 9.89. The summed E-state index contributed by atoms with van der Waals surface area (Å²) in [5.74, 6) is 0. The van der Waals surface area contributed by atoms with Crippen LogP contribution in [0.2, 0.25) is 0 Å². The van der Waals surface area contributed by atoms with Gasteiger partial charge in [-0.3, -0.25) is 4.90 Å². The summed E-state index contributed by atoms with van der Waals surface area (Å²) in [6.45, 7) is 8.32. The molecule has 0 bridgehead atoms. The Hall–Kier alpha value is -0.310. The van der Waals surface area contributed by atoms with E-state index >= 15 is 0 Å². The predicted octanol–water partition coefficient (Wildman–Crippen LogP) is 1.45. The molecule has 3 rings (SSSR count). The molecule has 0 radical (unpaired) electrons. The monoisotopic (exact) mass is 426 g/mol. The first kappa shape index (κ1) is 24.7. The topological polar surface area (TPSA) is 57.3 Å². The number of nitrogens with zero attached hydrogens (tertiary/aromatic N) is 3. The molecule has 3 fully saturated rings. The third kappa shape index (κ3) is 6.61. The smallest absolute Gasteiger partial charge is 0.410 e. The summed E-state index contributed by atoms with van der Waals surface area (Å²) in [5, 5.41) is 3.44. The minimum absolute atomic E-state index is 0. The van der Waals surface area contributed by atoms with Crippen molar-refractivity contribution < 1.29 is 14.3 Å². The number of hydrogen-bond acceptors (Lipinski definition) is 6. The van der Waals surface area contributed by atoms with Gasteiger partial charge in [-0.1, -0.05) is 0 Å². The highest BCUT2D eigenvalue weighted by Gasteiger charge is 2.47. The summed E-state index contributed by atoms with van der Waals surface area (Å²) in [7, 11) is 3.78. The number of amides is 1. The van der Waals surface area contributed by atoms with Gasteiger partial charge in [-0.05, 0) is 33.0 Å². The van der Waals surface area contributed by atoms with Crippen molar-refractivity contribution in [2.24, 2.45) is 0 Å². The maximum atomic E-state index is 12.3. The van der Waals surface area contributed by atoms with Crippen molar-refractivity contribution in [2.45, 2.75) is 37.3 Å². The van der Waals surface area contributed by atoms with Crippen LogP contribution in [0.3, 0.4) is 0 Å². The van der Waals surface area contributed by atoms with Gasteiger partial charge in [0.1, 0.15) is 5.60 Å². The summed E-state index contributed by atoms with van der Waals surface area (Å²) in [6.07, 6.45) is 4.30. The van der Waals surface area contributed by atoms with Gasteiger partial charge in [0.2, 0.25) is 0 Å². The largest absolute Gasteiger partial charge is 0.441 e. The zero-order valence-electron chi connectivity index (χ0n) is 16.7. The van der Waals surface area contributed by atoms with E-state index in [0.29, 0.717) is 6.04 Å². The zero-order chi connectivity index (χ0) is 17.7. The summed E-state index contributed by atoms with van der Waals surface area (Å²) in [4.78, 5) is 19.0. The maximum Gasteiger partial charge on any atom is 0.410 e. The Bertz CT molecular complexity index is 444. The fourth-order valence-electron chi connectivity index (χ4n) is 4.24. The molecule has 1 N–H and O–H groups in total. The minimum atomic E-state index is -0.244. The standard InChI is InChI=1S/C18H34N4O3.2ClH/c1-20(13-14-24-2)11-12-22-15-18(25-17(22)23)5-9-21(10-6-18)16-3-7-19-8-4-16;;/h16,19H,3-15H2,1-2H3;2*1H. The maximum absolute atomic E-state index is 12.3. The fraction of sp³-hybridized carbons (Fsp3) is 0.944. The first-order valence-electron chi connectivity index (χ1n) is 9.72. The molecule has 0 aromatic rings. The lowest BCUT2D eigenvalue weighted by Crippen LogP contribution is -2.52. The van der Waals surface area contributed by atoms with Gasteiger partial charge in [0.05, 0.1) is 13.2 Å². The Labute approximate surface area is 175 Å². The summed E-state index contributed by atoms with van der Waals surface area (Å²) < 4.78 is 11.0. The normalized spacial score (nSPS) is 23.2. The Morgan fingerprint density at radius 1 is 1.22 bits per heavy atom. The summed E-state index contributed by atoms with van der Waals surface area (Å²) in [6, 6.07) is 0.709. The van der Waals surface area contributed by atoms with Crippen LogP contribution in [-0.4, -0.2) is 106 Å². The van der Waals surface area contributed by atoms with E-state index in [9.17, 15) is 4.79 Å². The molecule has 3 aliphatic rings. The molecule has 3 aliphatic heterocycles. The van der Waals surface area contributed by atoms with Crippen molar-refractivity contribution in [3.8, 4) is 0 Å². The third-order valence-corrected chi connectivity index (χ3v) is 6.00. The highest BCUT2D eigenvalue weighted by atomic mass is 35.5. The molecule has 27 heavy (non-hydrogen) atoms. The Morgan fingerprint density at radius 2 is 1.89 bits per heavy atom. The molecule has 1 spiro atoms. The van der Waals surface area contributed by atoms with Gasteiger partial charge < -0.3 is 24.6 Å². The van der Waals surface area contributed by atoms with Crippen LogP contribution in [0.4, 0.5) is 4.79 Å². The number of methoxy groups -OCH3 is 1.